The molecule has 1 heterocycles. The van der Waals surface area contributed by atoms with Gasteiger partial charge in [0.1, 0.15) is 11.6 Å². The standard InChI is InChI=1S/C12H16N4/c1-8-4-3-5-10(6-8)7-14-12-11(13)15-9(2)16-12/h3-6,14H,7,13H2,1-2H3,(H,15,16). The van der Waals surface area contributed by atoms with E-state index >= 15 is 0 Å². The zero-order valence-corrected chi connectivity index (χ0v) is 9.54. The molecular weight excluding hydrogens is 200 g/mol. The second-order valence-corrected chi connectivity index (χ2v) is 3.93. The molecule has 0 spiro atoms. The molecule has 2 rings (SSSR count). The van der Waals surface area contributed by atoms with Crippen molar-refractivity contribution in [3.05, 3.63) is 41.2 Å². The number of benzene rings is 1. The SMILES string of the molecule is Cc1cccc(CNc2nc(C)[nH]c2N)c1. The monoisotopic (exact) mass is 216 g/mol. The van der Waals surface area contributed by atoms with Gasteiger partial charge in [-0.25, -0.2) is 4.98 Å². The van der Waals surface area contributed by atoms with Crippen molar-refractivity contribution in [2.45, 2.75) is 20.4 Å². The summed E-state index contributed by atoms with van der Waals surface area (Å²) in [4.78, 5) is 7.22. The Labute approximate surface area is 94.9 Å². The maximum absolute atomic E-state index is 5.75. The molecule has 0 aliphatic carbocycles. The van der Waals surface area contributed by atoms with Gasteiger partial charge < -0.3 is 16.0 Å². The van der Waals surface area contributed by atoms with Crippen LogP contribution in [0.25, 0.3) is 0 Å². The third-order valence-corrected chi connectivity index (χ3v) is 2.39. The van der Waals surface area contributed by atoms with Gasteiger partial charge in [-0.05, 0) is 19.4 Å². The molecule has 0 aliphatic rings. The molecule has 1 aromatic heterocycles. The van der Waals surface area contributed by atoms with E-state index in [2.05, 4.69) is 40.4 Å². The summed E-state index contributed by atoms with van der Waals surface area (Å²) in [6.45, 7) is 4.70. The minimum atomic E-state index is 0.588. The molecule has 84 valence electrons. The first-order valence-corrected chi connectivity index (χ1v) is 5.26. The highest BCUT2D eigenvalue weighted by Gasteiger charge is 2.03. The summed E-state index contributed by atoms with van der Waals surface area (Å²) < 4.78 is 0. The van der Waals surface area contributed by atoms with Crippen molar-refractivity contribution in [1.82, 2.24) is 9.97 Å². The number of rotatable bonds is 3. The van der Waals surface area contributed by atoms with E-state index in [-0.39, 0.29) is 0 Å². The van der Waals surface area contributed by atoms with E-state index in [1.807, 2.05) is 13.0 Å². The van der Waals surface area contributed by atoms with Gasteiger partial charge in [-0.1, -0.05) is 29.8 Å². The number of hydrogen-bond donors (Lipinski definition) is 3. The largest absolute Gasteiger partial charge is 0.382 e. The molecule has 0 saturated heterocycles. The highest BCUT2D eigenvalue weighted by Crippen LogP contribution is 2.15. The molecule has 0 bridgehead atoms. The Kier molecular flexibility index (Phi) is 2.81. The summed E-state index contributed by atoms with van der Waals surface area (Å²) in [5.41, 5.74) is 8.23. The lowest BCUT2D eigenvalue weighted by atomic mass is 10.1. The van der Waals surface area contributed by atoms with Crippen molar-refractivity contribution in [1.29, 1.82) is 0 Å². The van der Waals surface area contributed by atoms with Crippen LogP contribution >= 0.6 is 0 Å². The first-order valence-electron chi connectivity index (χ1n) is 5.26. The Morgan fingerprint density at radius 3 is 2.81 bits per heavy atom. The van der Waals surface area contributed by atoms with Crippen LogP contribution in [0.2, 0.25) is 0 Å². The Morgan fingerprint density at radius 2 is 2.19 bits per heavy atom. The van der Waals surface area contributed by atoms with Crippen LogP contribution in [0, 0.1) is 13.8 Å². The van der Waals surface area contributed by atoms with Crippen LogP contribution in [0.1, 0.15) is 17.0 Å². The quantitative estimate of drug-likeness (QED) is 0.737. The fourth-order valence-electron chi connectivity index (χ4n) is 1.65. The van der Waals surface area contributed by atoms with Gasteiger partial charge in [-0.2, -0.15) is 0 Å². The zero-order chi connectivity index (χ0) is 11.5. The third-order valence-electron chi connectivity index (χ3n) is 2.39. The van der Waals surface area contributed by atoms with E-state index in [1.165, 1.54) is 11.1 Å². The Hall–Kier alpha value is -1.97. The molecule has 0 unspecified atom stereocenters. The fraction of sp³-hybridized carbons (Fsp3) is 0.250. The number of aromatic amines is 1. The van der Waals surface area contributed by atoms with Crippen LogP contribution in [-0.4, -0.2) is 9.97 Å². The van der Waals surface area contributed by atoms with Crippen LogP contribution < -0.4 is 11.1 Å². The summed E-state index contributed by atoms with van der Waals surface area (Å²) in [5, 5.41) is 3.21. The van der Waals surface area contributed by atoms with Gasteiger partial charge >= 0.3 is 0 Å². The highest BCUT2D eigenvalue weighted by molar-refractivity contribution is 5.57. The van der Waals surface area contributed by atoms with Crippen molar-refractivity contribution in [2.75, 3.05) is 11.1 Å². The summed E-state index contributed by atoms with van der Waals surface area (Å²) in [5.74, 6) is 2.13. The molecule has 16 heavy (non-hydrogen) atoms. The second kappa shape index (κ2) is 4.26. The van der Waals surface area contributed by atoms with Gasteiger partial charge in [0.15, 0.2) is 5.82 Å². The zero-order valence-electron chi connectivity index (χ0n) is 9.54. The second-order valence-electron chi connectivity index (χ2n) is 3.93. The minimum absolute atomic E-state index is 0.588. The van der Waals surface area contributed by atoms with Crippen LogP contribution in [0.3, 0.4) is 0 Å². The van der Waals surface area contributed by atoms with Gasteiger partial charge in [-0.3, -0.25) is 0 Å². The number of aromatic nitrogens is 2. The number of aryl methyl sites for hydroxylation is 2. The molecular formula is C12H16N4. The van der Waals surface area contributed by atoms with Crippen molar-refractivity contribution < 1.29 is 0 Å². The van der Waals surface area contributed by atoms with Crippen LogP contribution in [-0.2, 0) is 6.54 Å². The Balaban J connectivity index is 2.05. The maximum atomic E-state index is 5.75. The molecule has 0 saturated carbocycles. The van der Waals surface area contributed by atoms with E-state index in [0.29, 0.717) is 5.82 Å². The topological polar surface area (TPSA) is 66.7 Å². The lowest BCUT2D eigenvalue weighted by Crippen LogP contribution is -2.02. The summed E-state index contributed by atoms with van der Waals surface area (Å²) >= 11 is 0. The molecule has 4 nitrogen and oxygen atoms in total. The molecule has 4 N–H and O–H groups in total. The Morgan fingerprint density at radius 1 is 1.38 bits per heavy atom. The fourth-order valence-corrected chi connectivity index (χ4v) is 1.65. The predicted molar refractivity (Wildman–Crippen MR) is 66.2 cm³/mol. The molecule has 0 fully saturated rings. The van der Waals surface area contributed by atoms with Crippen molar-refractivity contribution >= 4 is 11.6 Å². The summed E-state index contributed by atoms with van der Waals surface area (Å²) in [6.07, 6.45) is 0. The lowest BCUT2D eigenvalue weighted by Gasteiger charge is -2.04. The number of nitrogen functional groups attached to an aromatic ring is 1. The molecule has 1 aromatic carbocycles. The van der Waals surface area contributed by atoms with Gasteiger partial charge in [0.25, 0.3) is 0 Å². The highest BCUT2D eigenvalue weighted by atomic mass is 15.1. The van der Waals surface area contributed by atoms with Gasteiger partial charge in [0.05, 0.1) is 0 Å². The van der Waals surface area contributed by atoms with Gasteiger partial charge in [0, 0.05) is 6.54 Å². The maximum Gasteiger partial charge on any atom is 0.169 e. The van der Waals surface area contributed by atoms with E-state index < -0.39 is 0 Å². The average molecular weight is 216 g/mol. The predicted octanol–water partition coefficient (Wildman–Crippen LogP) is 2.22. The number of nitrogens with zero attached hydrogens (tertiary/aromatic N) is 1. The number of nitrogens with two attached hydrogens (primary N) is 1. The number of imidazole rings is 1. The summed E-state index contributed by atoms with van der Waals surface area (Å²) in [6, 6.07) is 8.35. The van der Waals surface area contributed by atoms with E-state index in [0.717, 1.165) is 18.2 Å². The number of hydrogen-bond acceptors (Lipinski definition) is 3. The molecule has 4 heteroatoms. The number of H-pyrrole nitrogens is 1. The first-order chi connectivity index (χ1) is 7.65. The average Bonchev–Trinajstić information content (AvgIpc) is 2.54. The van der Waals surface area contributed by atoms with Crippen molar-refractivity contribution in [3.63, 3.8) is 0 Å². The van der Waals surface area contributed by atoms with E-state index in [9.17, 15) is 0 Å². The van der Waals surface area contributed by atoms with Gasteiger partial charge in [-0.15, -0.1) is 0 Å². The smallest absolute Gasteiger partial charge is 0.169 e. The van der Waals surface area contributed by atoms with Crippen molar-refractivity contribution in [2.24, 2.45) is 0 Å². The van der Waals surface area contributed by atoms with Crippen LogP contribution in [0.5, 0.6) is 0 Å². The third kappa shape index (κ3) is 2.34. The molecule has 0 amide bonds. The van der Waals surface area contributed by atoms with Gasteiger partial charge in [0.2, 0.25) is 0 Å². The first kappa shape index (κ1) is 10.5. The lowest BCUT2D eigenvalue weighted by molar-refractivity contribution is 1.10. The molecule has 0 radical (unpaired) electrons. The molecule has 0 atom stereocenters. The van der Waals surface area contributed by atoms with Crippen LogP contribution in [0.4, 0.5) is 11.6 Å². The number of nitrogens with one attached hydrogen (secondary N) is 2. The van der Waals surface area contributed by atoms with E-state index in [4.69, 9.17) is 5.73 Å². The molecule has 2 aromatic rings. The number of anilines is 2. The minimum Gasteiger partial charge on any atom is -0.382 e. The normalized spacial score (nSPS) is 10.4. The molecule has 0 aliphatic heterocycles. The Bertz CT molecular complexity index is 488. The van der Waals surface area contributed by atoms with Crippen molar-refractivity contribution in [3.8, 4) is 0 Å². The summed E-state index contributed by atoms with van der Waals surface area (Å²) in [7, 11) is 0. The van der Waals surface area contributed by atoms with E-state index in [1.54, 1.807) is 0 Å². The van der Waals surface area contributed by atoms with Crippen LogP contribution in [0.15, 0.2) is 24.3 Å².